The smallest absolute Gasteiger partial charge is 0.321 e. The molecule has 0 aromatic heterocycles. The average Bonchev–Trinajstić information content (AvgIpc) is 2.38. The molecule has 110 valence electrons. The van der Waals surface area contributed by atoms with Crippen LogP contribution in [0.5, 0.6) is 0 Å². The zero-order valence-electron chi connectivity index (χ0n) is 12.2. The lowest BCUT2D eigenvalue weighted by Crippen LogP contribution is -2.42. The van der Waals surface area contributed by atoms with Crippen LogP contribution in [0.3, 0.4) is 0 Å². The van der Waals surface area contributed by atoms with Crippen molar-refractivity contribution >= 4 is 17.7 Å². The van der Waals surface area contributed by atoms with Gasteiger partial charge in [0, 0.05) is 18.8 Å². The number of carbonyl (C=O) groups is 2. The summed E-state index contributed by atoms with van der Waals surface area (Å²) in [6.07, 6.45) is -0.0799. The minimum absolute atomic E-state index is 0.0799. The minimum atomic E-state index is -0.916. The number of rotatable bonds is 6. The number of carbonyl (C=O) groups excluding carboxylic acids is 1. The Kier molecular flexibility index (Phi) is 6.03. The van der Waals surface area contributed by atoms with E-state index in [1.165, 1.54) is 4.90 Å². The van der Waals surface area contributed by atoms with Crippen molar-refractivity contribution < 1.29 is 14.7 Å². The third-order valence-electron chi connectivity index (χ3n) is 2.86. The SMILES string of the molecule is Cc1ccccc1N(CCC(=O)O)C(=O)NCC(C)C. The first-order valence-electron chi connectivity index (χ1n) is 6.74. The number of amides is 2. The van der Waals surface area contributed by atoms with Gasteiger partial charge in [0.05, 0.1) is 6.42 Å². The van der Waals surface area contributed by atoms with Crippen LogP contribution in [0, 0.1) is 12.8 Å². The molecule has 0 unspecified atom stereocenters. The zero-order valence-corrected chi connectivity index (χ0v) is 12.2. The van der Waals surface area contributed by atoms with E-state index in [-0.39, 0.29) is 19.0 Å². The predicted octanol–water partition coefficient (Wildman–Crippen LogP) is 2.64. The monoisotopic (exact) mass is 278 g/mol. The van der Waals surface area contributed by atoms with E-state index in [4.69, 9.17) is 5.11 Å². The van der Waals surface area contributed by atoms with Gasteiger partial charge in [-0.05, 0) is 24.5 Å². The van der Waals surface area contributed by atoms with Crippen LogP contribution in [0.25, 0.3) is 0 Å². The third kappa shape index (κ3) is 4.91. The fraction of sp³-hybridized carbons (Fsp3) is 0.467. The quantitative estimate of drug-likeness (QED) is 0.840. The largest absolute Gasteiger partial charge is 0.481 e. The molecule has 2 N–H and O–H groups in total. The van der Waals surface area contributed by atoms with Crippen LogP contribution in [0.15, 0.2) is 24.3 Å². The van der Waals surface area contributed by atoms with Crippen LogP contribution in [0.2, 0.25) is 0 Å². The van der Waals surface area contributed by atoms with E-state index >= 15 is 0 Å². The topological polar surface area (TPSA) is 69.6 Å². The molecule has 0 spiro atoms. The van der Waals surface area contributed by atoms with Crippen molar-refractivity contribution in [1.82, 2.24) is 5.32 Å². The normalized spacial score (nSPS) is 10.4. The summed E-state index contributed by atoms with van der Waals surface area (Å²) in [5, 5.41) is 11.6. The predicted molar refractivity (Wildman–Crippen MR) is 79.0 cm³/mol. The van der Waals surface area contributed by atoms with Crippen LogP contribution in [0.1, 0.15) is 25.8 Å². The number of aryl methyl sites for hydroxylation is 1. The Balaban J connectivity index is 2.87. The van der Waals surface area contributed by atoms with Crippen LogP contribution in [-0.2, 0) is 4.79 Å². The van der Waals surface area contributed by atoms with Gasteiger partial charge in [0.25, 0.3) is 0 Å². The molecule has 1 aromatic carbocycles. The van der Waals surface area contributed by atoms with E-state index in [9.17, 15) is 9.59 Å². The second-order valence-electron chi connectivity index (χ2n) is 5.16. The van der Waals surface area contributed by atoms with Crippen molar-refractivity contribution in [3.8, 4) is 0 Å². The molecule has 0 aliphatic rings. The Bertz CT molecular complexity index is 472. The number of carboxylic acid groups (broad SMARTS) is 1. The lowest BCUT2D eigenvalue weighted by molar-refractivity contribution is -0.136. The van der Waals surface area contributed by atoms with E-state index in [0.29, 0.717) is 12.5 Å². The molecule has 0 aliphatic carbocycles. The molecule has 0 fully saturated rings. The maximum atomic E-state index is 12.2. The van der Waals surface area contributed by atoms with Gasteiger partial charge in [-0.1, -0.05) is 32.0 Å². The van der Waals surface area contributed by atoms with E-state index < -0.39 is 5.97 Å². The van der Waals surface area contributed by atoms with Gasteiger partial charge in [-0.3, -0.25) is 9.69 Å². The Morgan fingerprint density at radius 2 is 1.95 bits per heavy atom. The number of urea groups is 1. The maximum Gasteiger partial charge on any atom is 0.321 e. The van der Waals surface area contributed by atoms with Gasteiger partial charge in [0.15, 0.2) is 0 Å². The summed E-state index contributed by atoms with van der Waals surface area (Å²) in [6.45, 7) is 6.64. The number of carboxylic acids is 1. The van der Waals surface area contributed by atoms with Gasteiger partial charge in [-0.15, -0.1) is 0 Å². The Labute approximate surface area is 119 Å². The molecule has 5 heteroatoms. The van der Waals surface area contributed by atoms with E-state index in [1.54, 1.807) is 0 Å². The first-order chi connectivity index (χ1) is 9.41. The lowest BCUT2D eigenvalue weighted by atomic mass is 10.1. The standard InChI is InChI=1S/C15H22N2O3/c1-11(2)10-16-15(20)17(9-8-14(18)19)13-7-5-4-6-12(13)3/h4-7,11H,8-10H2,1-3H3,(H,16,20)(H,18,19). The molecule has 1 aromatic rings. The number of benzene rings is 1. The summed E-state index contributed by atoms with van der Waals surface area (Å²) >= 11 is 0. The summed E-state index contributed by atoms with van der Waals surface area (Å²) in [7, 11) is 0. The minimum Gasteiger partial charge on any atom is -0.481 e. The number of para-hydroxylation sites is 1. The molecule has 0 aliphatic heterocycles. The molecule has 0 saturated carbocycles. The van der Waals surface area contributed by atoms with Crippen molar-refractivity contribution in [2.75, 3.05) is 18.0 Å². The molecule has 5 nitrogen and oxygen atoms in total. The molecule has 0 radical (unpaired) electrons. The Hall–Kier alpha value is -2.04. The van der Waals surface area contributed by atoms with Gasteiger partial charge in [-0.25, -0.2) is 4.79 Å². The van der Waals surface area contributed by atoms with Gasteiger partial charge in [-0.2, -0.15) is 0 Å². The number of hydrogen-bond acceptors (Lipinski definition) is 2. The molecular weight excluding hydrogens is 256 g/mol. The van der Waals surface area contributed by atoms with Crippen molar-refractivity contribution in [2.24, 2.45) is 5.92 Å². The second kappa shape index (κ2) is 7.53. The highest BCUT2D eigenvalue weighted by molar-refractivity contribution is 5.93. The number of hydrogen-bond donors (Lipinski definition) is 2. The molecule has 0 atom stereocenters. The van der Waals surface area contributed by atoms with Crippen molar-refractivity contribution in [1.29, 1.82) is 0 Å². The molecular formula is C15H22N2O3. The van der Waals surface area contributed by atoms with Gasteiger partial charge in [0.1, 0.15) is 0 Å². The van der Waals surface area contributed by atoms with E-state index in [2.05, 4.69) is 5.32 Å². The lowest BCUT2D eigenvalue weighted by Gasteiger charge is -2.24. The van der Waals surface area contributed by atoms with Crippen LogP contribution in [0.4, 0.5) is 10.5 Å². The van der Waals surface area contributed by atoms with Gasteiger partial charge < -0.3 is 10.4 Å². The third-order valence-corrected chi connectivity index (χ3v) is 2.86. The second-order valence-corrected chi connectivity index (χ2v) is 5.16. The molecule has 1 rings (SSSR count). The van der Waals surface area contributed by atoms with Gasteiger partial charge >= 0.3 is 12.0 Å². The van der Waals surface area contributed by atoms with Gasteiger partial charge in [0.2, 0.25) is 0 Å². The van der Waals surface area contributed by atoms with E-state index in [1.807, 2.05) is 45.0 Å². The number of nitrogens with one attached hydrogen (secondary N) is 1. The first kappa shape index (κ1) is 16.0. The van der Waals surface area contributed by atoms with E-state index in [0.717, 1.165) is 11.3 Å². The van der Waals surface area contributed by atoms with Crippen LogP contribution >= 0.6 is 0 Å². The highest BCUT2D eigenvalue weighted by Gasteiger charge is 2.18. The summed E-state index contributed by atoms with van der Waals surface area (Å²) in [5.74, 6) is -0.572. The Morgan fingerprint density at radius 1 is 1.30 bits per heavy atom. The van der Waals surface area contributed by atoms with Crippen molar-refractivity contribution in [3.63, 3.8) is 0 Å². The number of anilines is 1. The number of nitrogens with zero attached hydrogens (tertiary/aromatic N) is 1. The fourth-order valence-electron chi connectivity index (χ4n) is 1.79. The fourth-order valence-corrected chi connectivity index (χ4v) is 1.79. The highest BCUT2D eigenvalue weighted by Crippen LogP contribution is 2.19. The highest BCUT2D eigenvalue weighted by atomic mass is 16.4. The Morgan fingerprint density at radius 3 is 2.50 bits per heavy atom. The molecule has 20 heavy (non-hydrogen) atoms. The zero-order chi connectivity index (χ0) is 15.1. The number of aliphatic carboxylic acids is 1. The molecule has 0 heterocycles. The van der Waals surface area contributed by atoms with Crippen molar-refractivity contribution in [2.45, 2.75) is 27.2 Å². The maximum absolute atomic E-state index is 12.2. The van der Waals surface area contributed by atoms with Crippen molar-refractivity contribution in [3.05, 3.63) is 29.8 Å². The molecule has 2 amide bonds. The molecule has 0 saturated heterocycles. The summed E-state index contributed by atoms with van der Waals surface area (Å²) in [6, 6.07) is 7.20. The first-order valence-corrected chi connectivity index (χ1v) is 6.74. The average molecular weight is 278 g/mol. The summed E-state index contributed by atoms with van der Waals surface area (Å²) < 4.78 is 0. The van der Waals surface area contributed by atoms with Crippen LogP contribution in [-0.4, -0.2) is 30.2 Å². The summed E-state index contributed by atoms with van der Waals surface area (Å²) in [4.78, 5) is 24.5. The summed E-state index contributed by atoms with van der Waals surface area (Å²) in [5.41, 5.74) is 1.69. The van der Waals surface area contributed by atoms with Crippen LogP contribution < -0.4 is 10.2 Å². The molecule has 0 bridgehead atoms.